The third kappa shape index (κ3) is 6.37. The molecule has 2 aliphatic heterocycles. The fourth-order valence-electron chi connectivity index (χ4n) is 4.72. The third-order valence-corrected chi connectivity index (χ3v) is 7.60. The van der Waals surface area contributed by atoms with Gasteiger partial charge in [0.1, 0.15) is 11.5 Å². The van der Waals surface area contributed by atoms with Crippen molar-refractivity contribution in [3.8, 4) is 22.8 Å². The van der Waals surface area contributed by atoms with E-state index in [0.717, 1.165) is 72.6 Å². The number of ether oxygens (including phenoxy) is 2. The Balaban J connectivity index is 1.16. The number of rotatable bonds is 9. The standard InChI is InChI=1S/C28H30N6O4S/c1-37-21-5-6-22(23(15-21)38-2)25-19(4-3-10-30-25)17-29-16-18-8-12-34(13-9-18)27-31-11-7-20(32-27)14-24-26(35)33-28(36)39-24/h3-7,10-11,14-15,18,29H,8-9,12-13,16-17H2,1-2H3,(H,33,35,36)/b24-14+. The second-order valence-electron chi connectivity index (χ2n) is 9.27. The Bertz CT molecular complexity index is 1390. The van der Waals surface area contributed by atoms with Crippen LogP contribution in [0.2, 0.25) is 0 Å². The highest BCUT2D eigenvalue weighted by Crippen LogP contribution is 2.34. The number of hydrogen-bond donors (Lipinski definition) is 2. The highest BCUT2D eigenvalue weighted by atomic mass is 32.2. The second-order valence-corrected chi connectivity index (χ2v) is 10.3. The average Bonchev–Trinajstić information content (AvgIpc) is 3.29. The van der Waals surface area contributed by atoms with E-state index < -0.39 is 0 Å². The average molecular weight is 547 g/mol. The van der Waals surface area contributed by atoms with Gasteiger partial charge in [-0.1, -0.05) is 6.07 Å². The molecule has 202 valence electrons. The zero-order valence-corrected chi connectivity index (χ0v) is 22.7. The first-order valence-electron chi connectivity index (χ1n) is 12.7. The number of hydrogen-bond acceptors (Lipinski definition) is 10. The number of nitrogens with one attached hydrogen (secondary N) is 2. The summed E-state index contributed by atoms with van der Waals surface area (Å²) in [6, 6.07) is 11.5. The molecule has 4 heterocycles. The molecule has 2 saturated heterocycles. The van der Waals surface area contributed by atoms with Crippen molar-refractivity contribution >= 4 is 34.9 Å². The highest BCUT2D eigenvalue weighted by molar-refractivity contribution is 8.18. The van der Waals surface area contributed by atoms with Gasteiger partial charge in [0.25, 0.3) is 11.1 Å². The summed E-state index contributed by atoms with van der Waals surface area (Å²) in [6.07, 6.45) is 7.14. The van der Waals surface area contributed by atoms with Crippen LogP contribution >= 0.6 is 11.8 Å². The molecule has 10 nitrogen and oxygen atoms in total. The van der Waals surface area contributed by atoms with E-state index in [9.17, 15) is 9.59 Å². The van der Waals surface area contributed by atoms with Gasteiger partial charge in [-0.05, 0) is 73.0 Å². The van der Waals surface area contributed by atoms with Gasteiger partial charge in [0.05, 0.1) is 30.5 Å². The molecule has 2 aliphatic rings. The molecule has 2 aromatic heterocycles. The van der Waals surface area contributed by atoms with Crippen LogP contribution in [0.5, 0.6) is 11.5 Å². The summed E-state index contributed by atoms with van der Waals surface area (Å²) < 4.78 is 10.9. The van der Waals surface area contributed by atoms with Gasteiger partial charge >= 0.3 is 0 Å². The van der Waals surface area contributed by atoms with E-state index in [2.05, 4.69) is 36.6 Å². The molecule has 11 heteroatoms. The summed E-state index contributed by atoms with van der Waals surface area (Å²) in [7, 11) is 3.29. The lowest BCUT2D eigenvalue weighted by Gasteiger charge is -2.32. The van der Waals surface area contributed by atoms with Crippen molar-refractivity contribution in [2.24, 2.45) is 5.92 Å². The lowest BCUT2D eigenvalue weighted by Crippen LogP contribution is -2.38. The van der Waals surface area contributed by atoms with Gasteiger partial charge in [-0.3, -0.25) is 19.9 Å². The molecule has 0 aliphatic carbocycles. The number of carbonyl (C=O) groups excluding carboxylic acids is 2. The van der Waals surface area contributed by atoms with E-state index in [-0.39, 0.29) is 11.1 Å². The largest absolute Gasteiger partial charge is 0.497 e. The van der Waals surface area contributed by atoms with Crippen LogP contribution < -0.4 is 25.0 Å². The van der Waals surface area contributed by atoms with E-state index in [1.165, 1.54) is 0 Å². The second kappa shape index (κ2) is 12.3. The normalized spacial score (nSPS) is 17.0. The molecule has 2 N–H and O–H groups in total. The fourth-order valence-corrected chi connectivity index (χ4v) is 5.38. The number of pyridine rings is 1. The third-order valence-electron chi connectivity index (χ3n) is 6.79. The first-order chi connectivity index (χ1) is 19.0. The zero-order valence-electron chi connectivity index (χ0n) is 21.8. The molecule has 2 fully saturated rings. The molecule has 0 saturated carbocycles. The monoisotopic (exact) mass is 546 g/mol. The smallest absolute Gasteiger partial charge is 0.290 e. The first-order valence-corrected chi connectivity index (χ1v) is 13.6. The van der Waals surface area contributed by atoms with Crippen molar-refractivity contribution in [3.05, 3.63) is 65.0 Å². The Hall–Kier alpha value is -3.96. The van der Waals surface area contributed by atoms with Crippen molar-refractivity contribution in [3.63, 3.8) is 0 Å². The zero-order chi connectivity index (χ0) is 27.2. The number of imide groups is 1. The number of amides is 2. The van der Waals surface area contributed by atoms with Crippen LogP contribution in [-0.4, -0.2) is 60.0 Å². The van der Waals surface area contributed by atoms with Crippen LogP contribution in [0.25, 0.3) is 17.3 Å². The molecule has 3 aromatic rings. The Morgan fingerprint density at radius 1 is 1.10 bits per heavy atom. The molecular formula is C28H30N6O4S. The SMILES string of the molecule is COc1ccc(-c2ncccc2CNCC2CCN(c3nccc(/C=C4/SC(=O)NC4=O)n3)CC2)c(OC)c1. The molecule has 2 amide bonds. The van der Waals surface area contributed by atoms with Gasteiger partial charge in [0, 0.05) is 43.7 Å². The van der Waals surface area contributed by atoms with Crippen LogP contribution in [0.3, 0.4) is 0 Å². The maximum atomic E-state index is 11.8. The van der Waals surface area contributed by atoms with Gasteiger partial charge in [-0.15, -0.1) is 0 Å². The van der Waals surface area contributed by atoms with Crippen molar-refractivity contribution in [2.45, 2.75) is 19.4 Å². The van der Waals surface area contributed by atoms with Crippen molar-refractivity contribution in [1.82, 2.24) is 25.6 Å². The molecular weight excluding hydrogens is 516 g/mol. The summed E-state index contributed by atoms with van der Waals surface area (Å²) >= 11 is 0.884. The molecule has 0 spiro atoms. The number of piperidine rings is 1. The van der Waals surface area contributed by atoms with Gasteiger partial charge < -0.3 is 19.7 Å². The van der Waals surface area contributed by atoms with Crippen LogP contribution in [0.4, 0.5) is 10.7 Å². The van der Waals surface area contributed by atoms with Crippen molar-refractivity contribution in [1.29, 1.82) is 0 Å². The van der Waals surface area contributed by atoms with E-state index in [4.69, 9.17) is 9.47 Å². The Labute approximate surface area is 231 Å². The van der Waals surface area contributed by atoms with Crippen LogP contribution in [0, 0.1) is 5.92 Å². The maximum absolute atomic E-state index is 11.8. The van der Waals surface area contributed by atoms with Crippen LogP contribution in [0.15, 0.2) is 53.7 Å². The predicted octanol–water partition coefficient (Wildman–Crippen LogP) is 3.89. The summed E-state index contributed by atoms with van der Waals surface area (Å²) in [4.78, 5) is 39.4. The molecule has 0 unspecified atom stereocenters. The molecule has 0 radical (unpaired) electrons. The summed E-state index contributed by atoms with van der Waals surface area (Å²) in [6.45, 7) is 3.30. The molecule has 5 rings (SSSR count). The van der Waals surface area contributed by atoms with Gasteiger partial charge in [0.15, 0.2) is 0 Å². The number of methoxy groups -OCH3 is 2. The number of carbonyl (C=O) groups is 2. The predicted molar refractivity (Wildman–Crippen MR) is 151 cm³/mol. The number of aromatic nitrogens is 3. The van der Waals surface area contributed by atoms with Gasteiger partial charge in [0.2, 0.25) is 5.95 Å². The first kappa shape index (κ1) is 26.6. The Morgan fingerprint density at radius 2 is 1.95 bits per heavy atom. The van der Waals surface area contributed by atoms with Gasteiger partial charge in [-0.25, -0.2) is 9.97 Å². The summed E-state index contributed by atoms with van der Waals surface area (Å²) in [5.74, 6) is 2.25. The van der Waals surface area contributed by atoms with E-state index in [1.54, 1.807) is 38.8 Å². The number of thioether (sulfide) groups is 1. The Kier molecular flexibility index (Phi) is 8.38. The molecule has 0 atom stereocenters. The minimum absolute atomic E-state index is 0.344. The summed E-state index contributed by atoms with van der Waals surface area (Å²) in [5, 5.41) is 5.52. The number of anilines is 1. The highest BCUT2D eigenvalue weighted by Gasteiger charge is 2.26. The number of benzene rings is 1. The Morgan fingerprint density at radius 3 is 2.69 bits per heavy atom. The summed E-state index contributed by atoms with van der Waals surface area (Å²) in [5.41, 5.74) is 3.54. The van der Waals surface area contributed by atoms with Crippen molar-refractivity contribution in [2.75, 3.05) is 38.8 Å². The maximum Gasteiger partial charge on any atom is 0.290 e. The quantitative estimate of drug-likeness (QED) is 0.383. The van der Waals surface area contributed by atoms with Crippen molar-refractivity contribution < 1.29 is 19.1 Å². The number of nitrogens with zero attached hydrogens (tertiary/aromatic N) is 4. The fraction of sp³-hybridized carbons (Fsp3) is 0.321. The van der Waals surface area contributed by atoms with E-state index in [1.807, 2.05) is 24.3 Å². The lowest BCUT2D eigenvalue weighted by molar-refractivity contribution is -0.115. The van der Waals surface area contributed by atoms with Crippen LogP contribution in [-0.2, 0) is 11.3 Å². The van der Waals surface area contributed by atoms with E-state index >= 15 is 0 Å². The lowest BCUT2D eigenvalue weighted by atomic mass is 9.96. The topological polar surface area (TPSA) is 119 Å². The molecule has 1 aromatic carbocycles. The minimum Gasteiger partial charge on any atom is -0.497 e. The van der Waals surface area contributed by atoms with Crippen LogP contribution in [0.1, 0.15) is 24.1 Å². The van der Waals surface area contributed by atoms with Gasteiger partial charge in [-0.2, -0.15) is 0 Å². The molecule has 0 bridgehead atoms. The van der Waals surface area contributed by atoms with E-state index in [0.29, 0.717) is 29.0 Å². The molecule has 39 heavy (non-hydrogen) atoms. The minimum atomic E-state index is -0.389.